The number of hydrogen-bond donors (Lipinski definition) is 1. The molecule has 108 valence electrons. The molecule has 2 heterocycles. The second-order valence-corrected chi connectivity index (χ2v) is 5.87. The van der Waals surface area contributed by atoms with E-state index < -0.39 is 0 Å². The van der Waals surface area contributed by atoms with Crippen LogP contribution < -0.4 is 4.74 Å². The minimum Gasteiger partial charge on any atom is -0.492 e. The predicted octanol–water partition coefficient (Wildman–Crippen LogP) is 1.47. The van der Waals surface area contributed by atoms with Gasteiger partial charge in [0.2, 0.25) is 5.91 Å². The number of fused-ring (bicyclic) bond motifs is 1. The lowest BCUT2D eigenvalue weighted by Crippen LogP contribution is -2.45. The molecule has 0 aromatic heterocycles. The molecule has 0 spiro atoms. The van der Waals surface area contributed by atoms with Crippen LogP contribution in [-0.2, 0) is 11.2 Å². The molecule has 0 radical (unpaired) electrons. The van der Waals surface area contributed by atoms with E-state index >= 15 is 0 Å². The molecule has 1 N–H and O–H groups in total. The first-order valence-electron chi connectivity index (χ1n) is 7.32. The molecular weight excluding hydrogens is 254 g/mol. The Balaban J connectivity index is 1.73. The molecule has 1 saturated heterocycles. The molecule has 1 aromatic carbocycles. The van der Waals surface area contributed by atoms with E-state index in [9.17, 15) is 9.90 Å². The maximum atomic E-state index is 12.7. The number of amides is 1. The lowest BCUT2D eigenvalue weighted by Gasteiger charge is -2.31. The van der Waals surface area contributed by atoms with Gasteiger partial charge in [-0.05, 0) is 30.4 Å². The van der Waals surface area contributed by atoms with Gasteiger partial charge in [0, 0.05) is 6.54 Å². The van der Waals surface area contributed by atoms with E-state index in [1.165, 1.54) is 0 Å². The van der Waals surface area contributed by atoms with Gasteiger partial charge < -0.3 is 14.7 Å². The Morgan fingerprint density at radius 2 is 2.25 bits per heavy atom. The predicted molar refractivity (Wildman–Crippen MR) is 75.5 cm³/mol. The van der Waals surface area contributed by atoms with Crippen molar-refractivity contribution < 1.29 is 14.6 Å². The van der Waals surface area contributed by atoms with Crippen molar-refractivity contribution in [3.8, 4) is 5.75 Å². The molecule has 4 heteroatoms. The number of carbonyl (C=O) groups excluding carboxylic acids is 1. The molecule has 1 amide bonds. The number of rotatable bonds is 2. The standard InChI is InChI=1S/C16H21NO3/c1-11-6-7-17(14(11)9-18)16(19)13-8-12-4-2-3-5-15(12)20-10-13/h2-5,11,13-14,18H,6-10H2,1H3. The van der Waals surface area contributed by atoms with Crippen molar-refractivity contribution in [2.45, 2.75) is 25.8 Å². The SMILES string of the molecule is CC1CCN(C(=O)C2COc3ccccc3C2)C1CO. The lowest BCUT2D eigenvalue weighted by molar-refractivity contribution is -0.138. The monoisotopic (exact) mass is 275 g/mol. The number of hydrogen-bond acceptors (Lipinski definition) is 3. The Morgan fingerprint density at radius 3 is 3.05 bits per heavy atom. The molecule has 3 rings (SSSR count). The van der Waals surface area contributed by atoms with Gasteiger partial charge in [0.15, 0.2) is 0 Å². The van der Waals surface area contributed by atoms with Gasteiger partial charge in [0.1, 0.15) is 12.4 Å². The maximum Gasteiger partial charge on any atom is 0.229 e. The van der Waals surface area contributed by atoms with Crippen LogP contribution >= 0.6 is 0 Å². The van der Waals surface area contributed by atoms with Gasteiger partial charge in [0.05, 0.1) is 18.6 Å². The highest BCUT2D eigenvalue weighted by Crippen LogP contribution is 2.30. The molecule has 2 aliphatic heterocycles. The van der Waals surface area contributed by atoms with E-state index in [2.05, 4.69) is 6.92 Å². The minimum absolute atomic E-state index is 0.0281. The van der Waals surface area contributed by atoms with Gasteiger partial charge in [-0.1, -0.05) is 25.1 Å². The fourth-order valence-electron chi connectivity index (χ4n) is 3.28. The molecule has 20 heavy (non-hydrogen) atoms. The van der Waals surface area contributed by atoms with E-state index in [-0.39, 0.29) is 24.5 Å². The Bertz CT molecular complexity index is 502. The van der Waals surface area contributed by atoms with Gasteiger partial charge in [-0.3, -0.25) is 4.79 Å². The van der Waals surface area contributed by atoms with Crippen LogP contribution in [0.5, 0.6) is 5.75 Å². The highest BCUT2D eigenvalue weighted by atomic mass is 16.5. The summed E-state index contributed by atoms with van der Waals surface area (Å²) < 4.78 is 5.70. The number of ether oxygens (including phenoxy) is 1. The average Bonchev–Trinajstić information content (AvgIpc) is 2.86. The molecule has 1 aromatic rings. The highest BCUT2D eigenvalue weighted by molar-refractivity contribution is 5.80. The number of para-hydroxylation sites is 1. The summed E-state index contributed by atoms with van der Waals surface area (Å²) in [5, 5.41) is 9.49. The lowest BCUT2D eigenvalue weighted by atomic mass is 9.95. The summed E-state index contributed by atoms with van der Waals surface area (Å²) in [5.74, 6) is 1.28. The molecule has 1 fully saturated rings. The molecule has 3 unspecified atom stereocenters. The summed E-state index contributed by atoms with van der Waals surface area (Å²) >= 11 is 0. The van der Waals surface area contributed by atoms with Crippen LogP contribution in [0.2, 0.25) is 0 Å². The first-order valence-corrected chi connectivity index (χ1v) is 7.32. The number of aliphatic hydroxyl groups excluding tert-OH is 1. The zero-order chi connectivity index (χ0) is 14.1. The van der Waals surface area contributed by atoms with E-state index in [4.69, 9.17) is 4.74 Å². The van der Waals surface area contributed by atoms with E-state index in [1.807, 2.05) is 29.2 Å². The van der Waals surface area contributed by atoms with Crippen LogP contribution in [0.25, 0.3) is 0 Å². The second-order valence-electron chi connectivity index (χ2n) is 5.87. The van der Waals surface area contributed by atoms with Gasteiger partial charge in [-0.2, -0.15) is 0 Å². The van der Waals surface area contributed by atoms with Gasteiger partial charge >= 0.3 is 0 Å². The Hall–Kier alpha value is -1.55. The van der Waals surface area contributed by atoms with E-state index in [0.29, 0.717) is 12.5 Å². The summed E-state index contributed by atoms with van der Waals surface area (Å²) in [6, 6.07) is 7.86. The van der Waals surface area contributed by atoms with Crippen LogP contribution in [0.1, 0.15) is 18.9 Å². The Labute approximate surface area is 119 Å². The van der Waals surface area contributed by atoms with Crippen LogP contribution in [0.15, 0.2) is 24.3 Å². The number of benzene rings is 1. The van der Waals surface area contributed by atoms with Crippen molar-refractivity contribution in [2.75, 3.05) is 19.8 Å². The third-order valence-electron chi connectivity index (χ3n) is 4.58. The third-order valence-corrected chi connectivity index (χ3v) is 4.58. The summed E-state index contributed by atoms with van der Waals surface area (Å²) in [6.45, 7) is 3.35. The zero-order valence-electron chi connectivity index (χ0n) is 11.8. The second kappa shape index (κ2) is 5.44. The highest BCUT2D eigenvalue weighted by Gasteiger charge is 2.38. The number of likely N-dealkylation sites (tertiary alicyclic amines) is 1. The van der Waals surface area contributed by atoms with E-state index in [0.717, 1.165) is 30.7 Å². The summed E-state index contributed by atoms with van der Waals surface area (Å²) in [7, 11) is 0. The molecule has 4 nitrogen and oxygen atoms in total. The number of aliphatic hydroxyl groups is 1. The van der Waals surface area contributed by atoms with Gasteiger partial charge in [0.25, 0.3) is 0 Å². The zero-order valence-corrected chi connectivity index (χ0v) is 11.8. The molecule has 2 aliphatic rings. The normalized spacial score (nSPS) is 28.9. The molecule has 0 saturated carbocycles. The molecule has 0 bridgehead atoms. The first-order chi connectivity index (χ1) is 9.70. The number of carbonyl (C=O) groups is 1. The quantitative estimate of drug-likeness (QED) is 0.889. The topological polar surface area (TPSA) is 49.8 Å². The summed E-state index contributed by atoms with van der Waals surface area (Å²) in [6.07, 6.45) is 1.71. The summed E-state index contributed by atoms with van der Waals surface area (Å²) in [4.78, 5) is 14.5. The fraction of sp³-hybridized carbons (Fsp3) is 0.562. The third kappa shape index (κ3) is 2.29. The van der Waals surface area contributed by atoms with E-state index in [1.54, 1.807) is 0 Å². The Kier molecular flexibility index (Phi) is 3.66. The van der Waals surface area contributed by atoms with Crippen LogP contribution in [0, 0.1) is 11.8 Å². The summed E-state index contributed by atoms with van der Waals surface area (Å²) in [5.41, 5.74) is 1.10. The van der Waals surface area contributed by atoms with Crippen LogP contribution in [0.3, 0.4) is 0 Å². The minimum atomic E-state index is -0.121. The van der Waals surface area contributed by atoms with Crippen molar-refractivity contribution >= 4 is 5.91 Å². The van der Waals surface area contributed by atoms with Crippen molar-refractivity contribution in [3.63, 3.8) is 0 Å². The first kappa shape index (κ1) is 13.4. The maximum absolute atomic E-state index is 12.7. The van der Waals surface area contributed by atoms with Crippen LogP contribution in [0.4, 0.5) is 0 Å². The molecule has 3 atom stereocenters. The smallest absolute Gasteiger partial charge is 0.229 e. The number of nitrogens with zero attached hydrogens (tertiary/aromatic N) is 1. The van der Waals surface area contributed by atoms with Crippen molar-refractivity contribution in [3.05, 3.63) is 29.8 Å². The molecular formula is C16H21NO3. The van der Waals surface area contributed by atoms with Crippen molar-refractivity contribution in [1.82, 2.24) is 4.90 Å². The largest absolute Gasteiger partial charge is 0.492 e. The fourth-order valence-corrected chi connectivity index (χ4v) is 3.28. The average molecular weight is 275 g/mol. The van der Waals surface area contributed by atoms with Gasteiger partial charge in [-0.15, -0.1) is 0 Å². The van der Waals surface area contributed by atoms with Gasteiger partial charge in [-0.25, -0.2) is 0 Å². The van der Waals surface area contributed by atoms with Crippen LogP contribution in [-0.4, -0.2) is 41.7 Å². The van der Waals surface area contributed by atoms with Crippen molar-refractivity contribution in [1.29, 1.82) is 0 Å². The molecule has 0 aliphatic carbocycles. The van der Waals surface area contributed by atoms with Crippen molar-refractivity contribution in [2.24, 2.45) is 11.8 Å². The Morgan fingerprint density at radius 1 is 1.45 bits per heavy atom.